The van der Waals surface area contributed by atoms with Crippen LogP contribution in [0.3, 0.4) is 0 Å². The van der Waals surface area contributed by atoms with E-state index in [4.69, 9.17) is 9.72 Å². The number of aldehydes is 1. The van der Waals surface area contributed by atoms with Crippen LogP contribution in [0.2, 0.25) is 0 Å². The van der Waals surface area contributed by atoms with Gasteiger partial charge in [0, 0.05) is 28.3 Å². The van der Waals surface area contributed by atoms with Crippen LogP contribution < -0.4 is 4.74 Å². The van der Waals surface area contributed by atoms with Crippen molar-refractivity contribution < 1.29 is 9.53 Å². The van der Waals surface area contributed by atoms with Gasteiger partial charge in [0.1, 0.15) is 5.75 Å². The van der Waals surface area contributed by atoms with E-state index in [1.807, 2.05) is 22.2 Å². The summed E-state index contributed by atoms with van der Waals surface area (Å²) in [5, 5.41) is 2.83. The first kappa shape index (κ1) is 20.3. The molecule has 2 heterocycles. The smallest absolute Gasteiger partial charge is 0.194 e. The fourth-order valence-corrected chi connectivity index (χ4v) is 4.12. The molecule has 0 N–H and O–H groups in total. The normalized spacial score (nSPS) is 12.2. The average molecular weight is 397 g/mol. The van der Waals surface area contributed by atoms with Gasteiger partial charge >= 0.3 is 0 Å². The predicted octanol–water partition coefficient (Wildman–Crippen LogP) is 6.02. The molecule has 0 bridgehead atoms. The van der Waals surface area contributed by atoms with Crippen LogP contribution >= 0.6 is 11.3 Å². The lowest BCUT2D eigenvalue weighted by atomic mass is 9.78. The van der Waals surface area contributed by atoms with Crippen LogP contribution in [0.4, 0.5) is 0 Å². The largest absolute Gasteiger partial charge is 0.496 e. The maximum absolute atomic E-state index is 11.3. The highest BCUT2D eigenvalue weighted by Gasteiger charge is 2.28. The summed E-state index contributed by atoms with van der Waals surface area (Å²) >= 11 is 1.53. The van der Waals surface area contributed by atoms with Crippen molar-refractivity contribution in [1.82, 2.24) is 9.55 Å². The Labute approximate surface area is 171 Å². The fourth-order valence-electron chi connectivity index (χ4n) is 3.28. The number of nitrogens with zero attached hydrogens (tertiary/aromatic N) is 2. The van der Waals surface area contributed by atoms with Gasteiger partial charge < -0.3 is 4.74 Å². The highest BCUT2D eigenvalue weighted by Crippen LogP contribution is 2.42. The van der Waals surface area contributed by atoms with Gasteiger partial charge in [0.25, 0.3) is 0 Å². The Morgan fingerprint density at radius 2 is 1.68 bits per heavy atom. The lowest BCUT2D eigenvalue weighted by Gasteiger charge is -2.29. The molecule has 0 spiro atoms. The minimum atomic E-state index is -0.0642. The van der Waals surface area contributed by atoms with Gasteiger partial charge in [-0.15, -0.1) is 11.3 Å². The zero-order chi connectivity index (χ0) is 20.7. The molecular formula is C23H28N2O2S. The number of methoxy groups -OCH3 is 1. The predicted molar refractivity (Wildman–Crippen MR) is 116 cm³/mol. The maximum Gasteiger partial charge on any atom is 0.194 e. The maximum atomic E-state index is 11.3. The van der Waals surface area contributed by atoms with Crippen LogP contribution in [0.5, 0.6) is 5.75 Å². The lowest BCUT2D eigenvalue weighted by Crippen LogP contribution is -2.19. The molecule has 3 aromatic rings. The molecule has 0 aliphatic rings. The summed E-state index contributed by atoms with van der Waals surface area (Å²) in [6.45, 7) is 13.2. The SMILES string of the molecule is COc1c(C(C)(C)C)cc(-c2csc(-n3cccc3C=O)n2)cc1C(C)(C)C. The fraction of sp³-hybridized carbons (Fsp3) is 0.391. The van der Waals surface area contributed by atoms with Crippen molar-refractivity contribution in [3.05, 3.63) is 52.7 Å². The number of rotatable bonds is 4. The zero-order valence-electron chi connectivity index (χ0n) is 17.7. The number of carbonyl (C=O) groups excluding carboxylic acids is 1. The van der Waals surface area contributed by atoms with E-state index in [1.54, 1.807) is 13.2 Å². The monoisotopic (exact) mass is 396 g/mol. The lowest BCUT2D eigenvalue weighted by molar-refractivity contribution is 0.111. The van der Waals surface area contributed by atoms with Crippen molar-refractivity contribution in [3.63, 3.8) is 0 Å². The van der Waals surface area contributed by atoms with Gasteiger partial charge in [0.2, 0.25) is 0 Å². The number of hydrogen-bond donors (Lipinski definition) is 0. The van der Waals surface area contributed by atoms with Crippen molar-refractivity contribution in [2.24, 2.45) is 0 Å². The Balaban J connectivity index is 2.19. The summed E-state index contributed by atoms with van der Waals surface area (Å²) in [4.78, 5) is 16.1. The molecule has 0 saturated carbocycles. The Morgan fingerprint density at radius 1 is 1.07 bits per heavy atom. The molecule has 0 aliphatic carbocycles. The van der Waals surface area contributed by atoms with Gasteiger partial charge in [0.05, 0.1) is 18.5 Å². The van der Waals surface area contributed by atoms with Crippen LogP contribution in [0, 0.1) is 0 Å². The van der Waals surface area contributed by atoms with E-state index in [0.29, 0.717) is 5.69 Å². The van der Waals surface area contributed by atoms with Crippen molar-refractivity contribution in [2.75, 3.05) is 7.11 Å². The van der Waals surface area contributed by atoms with Crippen molar-refractivity contribution in [1.29, 1.82) is 0 Å². The molecule has 0 aliphatic heterocycles. The van der Waals surface area contributed by atoms with Crippen molar-refractivity contribution in [3.8, 4) is 22.1 Å². The molecule has 0 unspecified atom stereocenters. The summed E-state index contributed by atoms with van der Waals surface area (Å²) in [7, 11) is 1.74. The zero-order valence-corrected chi connectivity index (χ0v) is 18.5. The highest BCUT2D eigenvalue weighted by molar-refractivity contribution is 7.12. The van der Waals surface area contributed by atoms with Crippen LogP contribution in [0.25, 0.3) is 16.4 Å². The Hall–Kier alpha value is -2.40. The molecular weight excluding hydrogens is 368 g/mol. The average Bonchev–Trinajstić information content (AvgIpc) is 3.27. The van der Waals surface area contributed by atoms with Crippen molar-refractivity contribution in [2.45, 2.75) is 52.4 Å². The minimum absolute atomic E-state index is 0.0642. The molecule has 1 aromatic carbocycles. The number of benzene rings is 1. The van der Waals surface area contributed by atoms with Gasteiger partial charge in [-0.1, -0.05) is 41.5 Å². The summed E-state index contributed by atoms with van der Waals surface area (Å²) in [6, 6.07) is 8.01. The van der Waals surface area contributed by atoms with Gasteiger partial charge in [0.15, 0.2) is 11.4 Å². The molecule has 28 heavy (non-hydrogen) atoms. The van der Waals surface area contributed by atoms with E-state index in [9.17, 15) is 4.79 Å². The van der Waals surface area contributed by atoms with Crippen LogP contribution in [-0.2, 0) is 10.8 Å². The Bertz CT molecular complexity index is 965. The summed E-state index contributed by atoms with van der Waals surface area (Å²) in [5.74, 6) is 0.952. The summed E-state index contributed by atoms with van der Waals surface area (Å²) in [6.07, 6.45) is 2.71. The number of aromatic nitrogens is 2. The van der Waals surface area contributed by atoms with E-state index in [0.717, 1.165) is 28.4 Å². The quantitative estimate of drug-likeness (QED) is 0.507. The molecule has 0 amide bonds. The topological polar surface area (TPSA) is 44.1 Å². The standard InChI is InChI=1S/C23H28N2O2S/c1-22(2,3)17-11-15(12-18(20(17)27-7)23(4,5)6)19-14-28-21(24-19)25-10-8-9-16(25)13-26/h8-14H,1-7H3. The summed E-state index contributed by atoms with van der Waals surface area (Å²) < 4.78 is 7.67. The van der Waals surface area contributed by atoms with Gasteiger partial charge in [-0.05, 0) is 35.1 Å². The second-order valence-corrected chi connectivity index (χ2v) is 9.88. The van der Waals surface area contributed by atoms with Crippen LogP contribution in [-0.4, -0.2) is 22.9 Å². The molecule has 4 nitrogen and oxygen atoms in total. The Morgan fingerprint density at radius 3 is 2.18 bits per heavy atom. The first-order chi connectivity index (χ1) is 13.1. The van der Waals surface area contributed by atoms with E-state index in [2.05, 4.69) is 53.7 Å². The Kier molecular flexibility index (Phi) is 5.24. The molecule has 2 aromatic heterocycles. The molecule has 5 heteroatoms. The van der Waals surface area contributed by atoms with E-state index >= 15 is 0 Å². The van der Waals surface area contributed by atoms with E-state index < -0.39 is 0 Å². The second-order valence-electron chi connectivity index (χ2n) is 9.04. The van der Waals surface area contributed by atoms with Crippen molar-refractivity contribution >= 4 is 17.6 Å². The van der Waals surface area contributed by atoms with Gasteiger partial charge in [-0.3, -0.25) is 9.36 Å². The summed E-state index contributed by atoms with van der Waals surface area (Å²) in [5.41, 5.74) is 4.78. The van der Waals surface area contributed by atoms with E-state index in [-0.39, 0.29) is 10.8 Å². The molecule has 0 atom stereocenters. The molecule has 0 radical (unpaired) electrons. The highest BCUT2D eigenvalue weighted by atomic mass is 32.1. The van der Waals surface area contributed by atoms with Gasteiger partial charge in [-0.2, -0.15) is 0 Å². The van der Waals surface area contributed by atoms with Crippen LogP contribution in [0.1, 0.15) is 63.2 Å². The third kappa shape index (κ3) is 3.76. The van der Waals surface area contributed by atoms with Crippen LogP contribution in [0.15, 0.2) is 35.8 Å². The minimum Gasteiger partial charge on any atom is -0.496 e. The molecule has 0 fully saturated rings. The number of ether oxygens (including phenoxy) is 1. The first-order valence-corrected chi connectivity index (χ1v) is 10.3. The third-order valence-electron chi connectivity index (χ3n) is 4.80. The number of thiazole rings is 1. The molecule has 0 saturated heterocycles. The number of carbonyl (C=O) groups is 1. The molecule has 3 rings (SSSR count). The van der Waals surface area contributed by atoms with E-state index in [1.165, 1.54) is 22.5 Å². The molecule has 148 valence electrons. The number of hydrogen-bond acceptors (Lipinski definition) is 4. The second kappa shape index (κ2) is 7.21. The first-order valence-electron chi connectivity index (χ1n) is 9.38. The third-order valence-corrected chi connectivity index (χ3v) is 5.64. The van der Waals surface area contributed by atoms with Gasteiger partial charge in [-0.25, -0.2) is 4.98 Å².